The fraction of sp³-hybridized carbons (Fsp3) is 0.200. The molecule has 0 radical (unpaired) electrons. The molecule has 1 amide bonds. The van der Waals surface area contributed by atoms with E-state index in [4.69, 9.17) is 11.1 Å². The van der Waals surface area contributed by atoms with Crippen LogP contribution in [-0.4, -0.2) is 18.3 Å². The maximum absolute atomic E-state index is 11.4. The molecule has 4 nitrogen and oxygen atoms in total. The van der Waals surface area contributed by atoms with E-state index in [9.17, 15) is 4.79 Å². The van der Waals surface area contributed by atoms with Crippen LogP contribution in [0, 0.1) is 12.3 Å². The van der Waals surface area contributed by atoms with Crippen LogP contribution in [0.15, 0.2) is 24.3 Å². The second-order valence-electron chi connectivity index (χ2n) is 3.07. The molecule has 0 aliphatic carbocycles. The molecule has 0 bridgehead atoms. The number of nitrogens with two attached hydrogens (primary N) is 1. The van der Waals surface area contributed by atoms with Crippen LogP contribution < -0.4 is 11.1 Å². The van der Waals surface area contributed by atoms with E-state index < -0.39 is 0 Å². The van der Waals surface area contributed by atoms with Gasteiger partial charge in [0.05, 0.1) is 6.54 Å². The van der Waals surface area contributed by atoms with Crippen LogP contribution in [0.4, 0.5) is 0 Å². The Labute approximate surface area is 82.6 Å². The van der Waals surface area contributed by atoms with Gasteiger partial charge in [0.2, 0.25) is 0 Å². The number of amidine groups is 1. The number of hydrogen-bond donors (Lipinski definition) is 3. The highest BCUT2D eigenvalue weighted by Gasteiger charge is 2.03. The van der Waals surface area contributed by atoms with E-state index >= 15 is 0 Å². The molecule has 0 saturated carbocycles. The molecule has 0 aromatic heterocycles. The molecule has 14 heavy (non-hydrogen) atoms. The van der Waals surface area contributed by atoms with Crippen molar-refractivity contribution in [2.75, 3.05) is 6.54 Å². The second-order valence-corrected chi connectivity index (χ2v) is 3.07. The first-order valence-electron chi connectivity index (χ1n) is 4.27. The predicted molar refractivity (Wildman–Crippen MR) is 55.4 cm³/mol. The summed E-state index contributed by atoms with van der Waals surface area (Å²) in [5.74, 6) is -0.259. The number of carbonyl (C=O) groups excluding carboxylic acids is 1. The van der Waals surface area contributed by atoms with Crippen molar-refractivity contribution in [3.63, 3.8) is 0 Å². The second kappa shape index (κ2) is 4.41. The third-order valence-corrected chi connectivity index (χ3v) is 1.75. The highest BCUT2D eigenvalue weighted by atomic mass is 16.1. The highest BCUT2D eigenvalue weighted by molar-refractivity contribution is 5.96. The first-order valence-corrected chi connectivity index (χ1v) is 4.27. The van der Waals surface area contributed by atoms with Crippen molar-refractivity contribution in [1.29, 1.82) is 5.41 Å². The topological polar surface area (TPSA) is 79.0 Å². The van der Waals surface area contributed by atoms with E-state index in [-0.39, 0.29) is 18.3 Å². The number of aryl methyl sites for hydroxylation is 1. The van der Waals surface area contributed by atoms with Crippen LogP contribution in [0.5, 0.6) is 0 Å². The first kappa shape index (κ1) is 10.2. The van der Waals surface area contributed by atoms with E-state index in [1.54, 1.807) is 12.1 Å². The zero-order valence-corrected chi connectivity index (χ0v) is 8.00. The SMILES string of the molecule is Cc1ccc(C(=O)NCC(=N)N)cc1. The number of nitrogens with one attached hydrogen (secondary N) is 2. The van der Waals surface area contributed by atoms with Crippen LogP contribution in [0.2, 0.25) is 0 Å². The van der Waals surface area contributed by atoms with Gasteiger partial charge in [0.1, 0.15) is 5.84 Å². The van der Waals surface area contributed by atoms with Gasteiger partial charge in [-0.3, -0.25) is 10.2 Å². The lowest BCUT2D eigenvalue weighted by Crippen LogP contribution is -2.32. The van der Waals surface area contributed by atoms with Crippen LogP contribution >= 0.6 is 0 Å². The summed E-state index contributed by atoms with van der Waals surface area (Å²) in [6.07, 6.45) is 0. The average Bonchev–Trinajstić information content (AvgIpc) is 2.15. The number of hydrogen-bond acceptors (Lipinski definition) is 2. The predicted octanol–water partition coefficient (Wildman–Crippen LogP) is 0.661. The van der Waals surface area contributed by atoms with E-state index in [0.29, 0.717) is 5.56 Å². The summed E-state index contributed by atoms with van der Waals surface area (Å²) in [6.45, 7) is 2.05. The van der Waals surface area contributed by atoms with Crippen LogP contribution in [0.3, 0.4) is 0 Å². The quantitative estimate of drug-likeness (QED) is 0.484. The van der Waals surface area contributed by atoms with Crippen LogP contribution in [-0.2, 0) is 0 Å². The van der Waals surface area contributed by atoms with Gasteiger partial charge in [-0.25, -0.2) is 0 Å². The maximum Gasteiger partial charge on any atom is 0.251 e. The van der Waals surface area contributed by atoms with Gasteiger partial charge in [-0.1, -0.05) is 17.7 Å². The third kappa shape index (κ3) is 2.90. The minimum Gasteiger partial charge on any atom is -0.386 e. The number of rotatable bonds is 3. The Balaban J connectivity index is 2.61. The smallest absolute Gasteiger partial charge is 0.251 e. The Morgan fingerprint density at radius 3 is 2.50 bits per heavy atom. The molecule has 0 fully saturated rings. The van der Waals surface area contributed by atoms with Crippen molar-refractivity contribution in [2.24, 2.45) is 5.73 Å². The van der Waals surface area contributed by atoms with Gasteiger partial charge in [-0.2, -0.15) is 0 Å². The molecule has 1 rings (SSSR count). The number of carbonyl (C=O) groups is 1. The largest absolute Gasteiger partial charge is 0.386 e. The maximum atomic E-state index is 11.4. The van der Waals surface area contributed by atoms with E-state index in [1.165, 1.54) is 0 Å². The summed E-state index contributed by atoms with van der Waals surface area (Å²) in [6, 6.07) is 7.21. The van der Waals surface area contributed by atoms with E-state index in [0.717, 1.165) is 5.56 Å². The number of amides is 1. The van der Waals surface area contributed by atoms with Gasteiger partial charge in [0.25, 0.3) is 5.91 Å². The minimum absolute atomic E-state index is 0.0505. The molecule has 1 aromatic rings. The monoisotopic (exact) mass is 191 g/mol. The van der Waals surface area contributed by atoms with Gasteiger partial charge >= 0.3 is 0 Å². The summed E-state index contributed by atoms with van der Waals surface area (Å²) in [7, 11) is 0. The van der Waals surface area contributed by atoms with Crippen molar-refractivity contribution in [3.05, 3.63) is 35.4 Å². The summed E-state index contributed by atoms with van der Waals surface area (Å²) in [5, 5.41) is 9.48. The normalized spacial score (nSPS) is 9.50. The summed E-state index contributed by atoms with van der Waals surface area (Å²) in [4.78, 5) is 11.4. The molecular weight excluding hydrogens is 178 g/mol. The Kier molecular flexibility index (Phi) is 3.23. The fourth-order valence-electron chi connectivity index (χ4n) is 0.983. The summed E-state index contributed by atoms with van der Waals surface area (Å²) < 4.78 is 0. The molecule has 1 aromatic carbocycles. The molecule has 0 atom stereocenters. The standard InChI is InChI=1S/C10H13N3O/c1-7-2-4-8(5-3-7)10(14)13-6-9(11)12/h2-5H,6H2,1H3,(H3,11,12)(H,13,14). The molecular formula is C10H13N3O. The molecule has 0 aliphatic rings. The Morgan fingerprint density at radius 2 is 2.00 bits per heavy atom. The lowest BCUT2D eigenvalue weighted by molar-refractivity contribution is 0.0959. The molecule has 4 heteroatoms. The van der Waals surface area contributed by atoms with Gasteiger partial charge in [0, 0.05) is 5.56 Å². The lowest BCUT2D eigenvalue weighted by atomic mass is 10.1. The number of benzene rings is 1. The molecule has 0 spiro atoms. The Bertz CT molecular complexity index is 343. The Hall–Kier alpha value is -1.84. The molecule has 0 unspecified atom stereocenters. The lowest BCUT2D eigenvalue weighted by Gasteiger charge is -2.03. The molecule has 74 valence electrons. The Morgan fingerprint density at radius 1 is 1.43 bits per heavy atom. The average molecular weight is 191 g/mol. The van der Waals surface area contributed by atoms with E-state index in [1.807, 2.05) is 19.1 Å². The van der Waals surface area contributed by atoms with Crippen molar-refractivity contribution in [1.82, 2.24) is 5.32 Å². The summed E-state index contributed by atoms with van der Waals surface area (Å²) >= 11 is 0. The van der Waals surface area contributed by atoms with Crippen molar-refractivity contribution in [3.8, 4) is 0 Å². The molecule has 0 aliphatic heterocycles. The zero-order valence-electron chi connectivity index (χ0n) is 8.00. The van der Waals surface area contributed by atoms with Crippen LogP contribution in [0.1, 0.15) is 15.9 Å². The van der Waals surface area contributed by atoms with Crippen molar-refractivity contribution >= 4 is 11.7 Å². The molecule has 4 N–H and O–H groups in total. The molecule has 0 saturated heterocycles. The van der Waals surface area contributed by atoms with Crippen molar-refractivity contribution < 1.29 is 4.79 Å². The van der Waals surface area contributed by atoms with Gasteiger partial charge in [0.15, 0.2) is 0 Å². The first-order chi connectivity index (χ1) is 6.59. The van der Waals surface area contributed by atoms with Gasteiger partial charge < -0.3 is 11.1 Å². The fourth-order valence-corrected chi connectivity index (χ4v) is 0.983. The molecule has 0 heterocycles. The zero-order chi connectivity index (χ0) is 10.6. The van der Waals surface area contributed by atoms with Gasteiger partial charge in [-0.05, 0) is 19.1 Å². The minimum atomic E-state index is -0.208. The van der Waals surface area contributed by atoms with Crippen molar-refractivity contribution in [2.45, 2.75) is 6.92 Å². The van der Waals surface area contributed by atoms with Gasteiger partial charge in [-0.15, -0.1) is 0 Å². The highest BCUT2D eigenvalue weighted by Crippen LogP contribution is 2.02. The van der Waals surface area contributed by atoms with Crippen LogP contribution in [0.25, 0.3) is 0 Å². The third-order valence-electron chi connectivity index (χ3n) is 1.75. The summed E-state index contributed by atoms with van der Waals surface area (Å²) in [5.41, 5.74) is 6.80. The van der Waals surface area contributed by atoms with E-state index in [2.05, 4.69) is 5.32 Å².